The molecule has 0 aliphatic heterocycles. The first-order valence-electron chi connectivity index (χ1n) is 4.34. The van der Waals surface area contributed by atoms with Gasteiger partial charge in [-0.2, -0.15) is 0 Å². The first-order chi connectivity index (χ1) is 7.33. The zero-order chi connectivity index (χ0) is 10.7. The summed E-state index contributed by atoms with van der Waals surface area (Å²) < 4.78 is 8.95. The number of aromatic nitrogens is 3. The van der Waals surface area contributed by atoms with E-state index in [-0.39, 0.29) is 6.04 Å². The van der Waals surface area contributed by atoms with E-state index in [0.29, 0.717) is 11.4 Å². The zero-order valence-corrected chi connectivity index (χ0v) is 8.94. The van der Waals surface area contributed by atoms with Crippen LogP contribution in [0.1, 0.15) is 16.6 Å². The van der Waals surface area contributed by atoms with E-state index in [1.807, 2.05) is 6.07 Å². The van der Waals surface area contributed by atoms with Crippen molar-refractivity contribution >= 4 is 11.5 Å². The summed E-state index contributed by atoms with van der Waals surface area (Å²) in [4.78, 5) is 5.07. The molecule has 1 unspecified atom stereocenters. The van der Waals surface area contributed by atoms with Crippen LogP contribution in [0.15, 0.2) is 24.5 Å². The Morgan fingerprint density at radius 3 is 3.07 bits per heavy atom. The van der Waals surface area contributed by atoms with Crippen molar-refractivity contribution in [2.45, 2.75) is 6.04 Å². The molecule has 0 amide bonds. The molecule has 0 aliphatic carbocycles. The lowest BCUT2D eigenvalue weighted by atomic mass is 10.1. The lowest BCUT2D eigenvalue weighted by Gasteiger charge is -2.11. The molecule has 6 heteroatoms. The first kappa shape index (κ1) is 10.0. The number of methoxy groups -OCH3 is 1. The van der Waals surface area contributed by atoms with Gasteiger partial charge in [0.1, 0.15) is 11.4 Å². The summed E-state index contributed by atoms with van der Waals surface area (Å²) in [5.74, 6) is 0.679. The van der Waals surface area contributed by atoms with E-state index >= 15 is 0 Å². The maximum absolute atomic E-state index is 6.03. The topological polar surface area (TPSA) is 73.9 Å². The molecule has 0 aliphatic rings. The third kappa shape index (κ3) is 1.95. The Labute approximate surface area is 91.1 Å². The predicted molar refractivity (Wildman–Crippen MR) is 56.7 cm³/mol. The summed E-state index contributed by atoms with van der Waals surface area (Å²) in [6.45, 7) is 0. The van der Waals surface area contributed by atoms with Gasteiger partial charge in [-0.15, -0.1) is 5.10 Å². The van der Waals surface area contributed by atoms with Crippen molar-refractivity contribution < 1.29 is 4.74 Å². The van der Waals surface area contributed by atoms with Gasteiger partial charge < -0.3 is 10.5 Å². The molecule has 1 atom stereocenters. The molecule has 2 rings (SSSR count). The fourth-order valence-corrected chi connectivity index (χ4v) is 1.76. The second kappa shape index (κ2) is 4.33. The summed E-state index contributed by atoms with van der Waals surface area (Å²) in [6.07, 6.45) is 3.33. The van der Waals surface area contributed by atoms with E-state index in [0.717, 1.165) is 4.88 Å². The fraction of sp³-hybridized carbons (Fsp3) is 0.222. The third-order valence-corrected chi connectivity index (χ3v) is 2.75. The molecular weight excluding hydrogens is 212 g/mol. The average Bonchev–Trinajstić information content (AvgIpc) is 2.81. The van der Waals surface area contributed by atoms with Crippen LogP contribution in [0.3, 0.4) is 0 Å². The quantitative estimate of drug-likeness (QED) is 0.838. The average molecular weight is 222 g/mol. The van der Waals surface area contributed by atoms with Crippen molar-refractivity contribution in [1.82, 2.24) is 14.6 Å². The van der Waals surface area contributed by atoms with Crippen molar-refractivity contribution in [3.8, 4) is 5.75 Å². The first-order valence-corrected chi connectivity index (χ1v) is 5.12. The molecular formula is C9H10N4OS. The van der Waals surface area contributed by atoms with Crippen molar-refractivity contribution in [3.63, 3.8) is 0 Å². The van der Waals surface area contributed by atoms with Gasteiger partial charge in [-0.05, 0) is 23.7 Å². The smallest absolute Gasteiger partial charge is 0.142 e. The second-order valence-corrected chi connectivity index (χ2v) is 3.71. The number of ether oxygens (including phenoxy) is 1. The molecule has 15 heavy (non-hydrogen) atoms. The van der Waals surface area contributed by atoms with Crippen LogP contribution in [0.2, 0.25) is 0 Å². The Morgan fingerprint density at radius 1 is 1.53 bits per heavy atom. The van der Waals surface area contributed by atoms with E-state index in [9.17, 15) is 0 Å². The van der Waals surface area contributed by atoms with Crippen LogP contribution in [-0.4, -0.2) is 21.7 Å². The summed E-state index contributed by atoms with van der Waals surface area (Å²) in [5, 5.41) is 3.74. The third-order valence-electron chi connectivity index (χ3n) is 2.00. The van der Waals surface area contributed by atoms with Gasteiger partial charge >= 0.3 is 0 Å². The van der Waals surface area contributed by atoms with Crippen molar-refractivity contribution in [3.05, 3.63) is 35.1 Å². The van der Waals surface area contributed by atoms with Gasteiger partial charge in [0.15, 0.2) is 0 Å². The Balaban J connectivity index is 2.37. The molecule has 0 bridgehead atoms. The molecule has 2 aromatic heterocycles. The van der Waals surface area contributed by atoms with Crippen LogP contribution in [-0.2, 0) is 0 Å². The Hall–Kier alpha value is -1.53. The normalized spacial score (nSPS) is 12.4. The van der Waals surface area contributed by atoms with Crippen LogP contribution >= 0.6 is 11.5 Å². The summed E-state index contributed by atoms with van der Waals surface area (Å²) in [7, 11) is 1.60. The maximum Gasteiger partial charge on any atom is 0.142 e. The van der Waals surface area contributed by atoms with E-state index < -0.39 is 0 Å². The molecule has 0 spiro atoms. The summed E-state index contributed by atoms with van der Waals surface area (Å²) >= 11 is 1.26. The minimum Gasteiger partial charge on any atom is -0.495 e. The Bertz CT molecular complexity index is 431. The van der Waals surface area contributed by atoms with Crippen LogP contribution < -0.4 is 10.5 Å². The highest BCUT2D eigenvalue weighted by Crippen LogP contribution is 2.26. The van der Waals surface area contributed by atoms with Crippen molar-refractivity contribution in [1.29, 1.82) is 0 Å². The molecule has 0 aromatic carbocycles. The van der Waals surface area contributed by atoms with Crippen LogP contribution in [0.5, 0.6) is 5.75 Å². The van der Waals surface area contributed by atoms with Crippen LogP contribution in [0.25, 0.3) is 0 Å². The summed E-state index contributed by atoms with van der Waals surface area (Å²) in [6, 6.07) is 3.30. The number of pyridine rings is 1. The lowest BCUT2D eigenvalue weighted by molar-refractivity contribution is 0.405. The number of nitrogens with two attached hydrogens (primary N) is 1. The number of rotatable bonds is 3. The molecule has 0 fully saturated rings. The molecule has 0 radical (unpaired) electrons. The predicted octanol–water partition coefficient (Wildman–Crippen LogP) is 0.990. The van der Waals surface area contributed by atoms with E-state index in [4.69, 9.17) is 10.5 Å². The van der Waals surface area contributed by atoms with Gasteiger partial charge in [-0.3, -0.25) is 4.98 Å². The Morgan fingerprint density at radius 2 is 2.40 bits per heavy atom. The molecule has 78 valence electrons. The van der Waals surface area contributed by atoms with E-state index in [2.05, 4.69) is 14.6 Å². The molecule has 2 N–H and O–H groups in total. The van der Waals surface area contributed by atoms with Gasteiger partial charge in [0.05, 0.1) is 24.2 Å². The summed E-state index contributed by atoms with van der Waals surface area (Å²) in [5.41, 5.74) is 6.73. The molecule has 2 heterocycles. The van der Waals surface area contributed by atoms with Gasteiger partial charge in [-0.1, -0.05) is 4.49 Å². The highest BCUT2D eigenvalue weighted by Gasteiger charge is 2.16. The van der Waals surface area contributed by atoms with E-state index in [1.54, 1.807) is 25.6 Å². The SMILES string of the molecule is COc1cccnc1C(N)c1cnns1. The fourth-order valence-electron chi connectivity index (χ4n) is 1.26. The lowest BCUT2D eigenvalue weighted by Crippen LogP contribution is -2.13. The molecule has 0 saturated heterocycles. The van der Waals surface area contributed by atoms with Gasteiger partial charge in [0.2, 0.25) is 0 Å². The number of hydrogen-bond acceptors (Lipinski definition) is 6. The molecule has 0 saturated carbocycles. The minimum atomic E-state index is -0.332. The van der Waals surface area contributed by atoms with Crippen molar-refractivity contribution in [2.24, 2.45) is 5.73 Å². The zero-order valence-electron chi connectivity index (χ0n) is 8.12. The minimum absolute atomic E-state index is 0.332. The highest BCUT2D eigenvalue weighted by atomic mass is 32.1. The molecule has 2 aromatic rings. The largest absolute Gasteiger partial charge is 0.495 e. The van der Waals surface area contributed by atoms with Crippen LogP contribution in [0, 0.1) is 0 Å². The number of nitrogens with zero attached hydrogens (tertiary/aromatic N) is 3. The van der Waals surface area contributed by atoms with Crippen molar-refractivity contribution in [2.75, 3.05) is 7.11 Å². The Kier molecular flexibility index (Phi) is 2.89. The standard InChI is InChI=1S/C9H10N4OS/c1-14-6-3-2-4-11-9(6)8(10)7-5-12-13-15-7/h2-5,8H,10H2,1H3. The van der Waals surface area contributed by atoms with Gasteiger partial charge in [0, 0.05) is 6.20 Å². The number of hydrogen-bond donors (Lipinski definition) is 1. The van der Waals surface area contributed by atoms with Gasteiger partial charge in [-0.25, -0.2) is 0 Å². The monoisotopic (exact) mass is 222 g/mol. The maximum atomic E-state index is 6.03. The highest BCUT2D eigenvalue weighted by molar-refractivity contribution is 7.05. The second-order valence-electron chi connectivity index (χ2n) is 2.89. The molecule has 5 nitrogen and oxygen atoms in total. The van der Waals surface area contributed by atoms with Crippen LogP contribution in [0.4, 0.5) is 0 Å². The van der Waals surface area contributed by atoms with E-state index in [1.165, 1.54) is 11.5 Å². The van der Waals surface area contributed by atoms with Gasteiger partial charge in [0.25, 0.3) is 0 Å².